The van der Waals surface area contributed by atoms with Crippen molar-refractivity contribution < 1.29 is 0 Å². The molecule has 1 N–H and O–H groups in total. The summed E-state index contributed by atoms with van der Waals surface area (Å²) in [7, 11) is 1.94. The Kier molecular flexibility index (Phi) is 5.45. The average molecular weight is 363 g/mol. The van der Waals surface area contributed by atoms with E-state index in [1.165, 1.54) is 8.66 Å². The topological polar surface area (TPSA) is 29.9 Å². The Morgan fingerprint density at radius 3 is 2.84 bits per heavy atom. The normalized spacial score (nSPS) is 11.2. The van der Waals surface area contributed by atoms with E-state index in [1.807, 2.05) is 11.7 Å². The highest BCUT2D eigenvalue weighted by atomic mass is 79.9. The molecule has 0 atom stereocenters. The molecule has 0 spiro atoms. The summed E-state index contributed by atoms with van der Waals surface area (Å²) in [4.78, 5) is 1.38. The van der Waals surface area contributed by atoms with E-state index < -0.39 is 0 Å². The SMILES string of the molecule is CCc1nn(C)c(CNCCc2ccc(Br)s2)c1Cl. The van der Waals surface area contributed by atoms with Gasteiger partial charge in [-0.15, -0.1) is 11.3 Å². The van der Waals surface area contributed by atoms with Gasteiger partial charge in [-0.2, -0.15) is 5.10 Å². The monoisotopic (exact) mass is 361 g/mol. The van der Waals surface area contributed by atoms with Gasteiger partial charge in [0.2, 0.25) is 0 Å². The minimum Gasteiger partial charge on any atom is -0.311 e. The molecule has 2 heterocycles. The number of rotatable bonds is 6. The average Bonchev–Trinajstić information content (AvgIpc) is 2.91. The van der Waals surface area contributed by atoms with E-state index in [0.717, 1.165) is 42.3 Å². The largest absolute Gasteiger partial charge is 0.311 e. The van der Waals surface area contributed by atoms with Gasteiger partial charge in [-0.3, -0.25) is 4.68 Å². The number of aryl methyl sites for hydroxylation is 2. The second kappa shape index (κ2) is 6.88. The number of nitrogens with one attached hydrogen (secondary N) is 1. The third kappa shape index (κ3) is 3.81. The molecule has 3 nitrogen and oxygen atoms in total. The molecule has 0 saturated heterocycles. The minimum absolute atomic E-state index is 0.759. The number of halogens is 2. The first-order valence-corrected chi connectivity index (χ1v) is 8.25. The summed E-state index contributed by atoms with van der Waals surface area (Å²) in [6.07, 6.45) is 1.91. The van der Waals surface area contributed by atoms with Crippen molar-refractivity contribution in [3.05, 3.63) is 37.2 Å². The first kappa shape index (κ1) is 15.0. The highest BCUT2D eigenvalue weighted by molar-refractivity contribution is 9.11. The van der Waals surface area contributed by atoms with E-state index in [2.05, 4.69) is 45.4 Å². The molecule has 2 rings (SSSR count). The Morgan fingerprint density at radius 2 is 2.26 bits per heavy atom. The van der Waals surface area contributed by atoms with Crippen LogP contribution in [0.1, 0.15) is 23.2 Å². The highest BCUT2D eigenvalue weighted by Gasteiger charge is 2.12. The highest BCUT2D eigenvalue weighted by Crippen LogP contribution is 2.22. The fraction of sp³-hybridized carbons (Fsp3) is 0.462. The van der Waals surface area contributed by atoms with Crippen molar-refractivity contribution in [3.63, 3.8) is 0 Å². The molecule has 0 aliphatic rings. The lowest BCUT2D eigenvalue weighted by Crippen LogP contribution is -2.18. The van der Waals surface area contributed by atoms with Gasteiger partial charge in [0.15, 0.2) is 0 Å². The number of aromatic nitrogens is 2. The maximum Gasteiger partial charge on any atom is 0.0863 e. The Labute approximate surface area is 131 Å². The number of nitrogens with zero attached hydrogens (tertiary/aromatic N) is 2. The van der Waals surface area contributed by atoms with Crippen LogP contribution < -0.4 is 5.32 Å². The molecule has 0 bridgehead atoms. The fourth-order valence-electron chi connectivity index (χ4n) is 1.92. The van der Waals surface area contributed by atoms with Gasteiger partial charge >= 0.3 is 0 Å². The third-order valence-corrected chi connectivity index (χ3v) is 5.09. The Morgan fingerprint density at radius 1 is 1.47 bits per heavy atom. The van der Waals surface area contributed by atoms with E-state index in [9.17, 15) is 0 Å². The lowest BCUT2D eigenvalue weighted by atomic mass is 10.3. The molecule has 0 fully saturated rings. The first-order valence-electron chi connectivity index (χ1n) is 6.27. The summed E-state index contributed by atoms with van der Waals surface area (Å²) in [6, 6.07) is 4.24. The molecule has 0 aromatic carbocycles. The van der Waals surface area contributed by atoms with Crippen molar-refractivity contribution in [2.24, 2.45) is 7.05 Å². The van der Waals surface area contributed by atoms with Gasteiger partial charge in [0.05, 0.1) is 20.2 Å². The van der Waals surface area contributed by atoms with Crippen LogP contribution in [0, 0.1) is 0 Å². The molecule has 0 unspecified atom stereocenters. The summed E-state index contributed by atoms with van der Waals surface area (Å²) in [6.45, 7) is 3.77. The molecule has 2 aromatic heterocycles. The van der Waals surface area contributed by atoms with Gasteiger partial charge < -0.3 is 5.32 Å². The van der Waals surface area contributed by atoms with Gasteiger partial charge in [0.1, 0.15) is 0 Å². The van der Waals surface area contributed by atoms with Gasteiger partial charge in [-0.25, -0.2) is 0 Å². The first-order chi connectivity index (χ1) is 9.11. The van der Waals surface area contributed by atoms with Crippen molar-refractivity contribution in [2.75, 3.05) is 6.54 Å². The van der Waals surface area contributed by atoms with Crippen molar-refractivity contribution >= 4 is 38.9 Å². The molecule has 104 valence electrons. The molecule has 6 heteroatoms. The van der Waals surface area contributed by atoms with E-state index >= 15 is 0 Å². The number of thiophene rings is 1. The quantitative estimate of drug-likeness (QED) is 0.792. The third-order valence-electron chi connectivity index (χ3n) is 2.97. The van der Waals surface area contributed by atoms with Crippen molar-refractivity contribution in [2.45, 2.75) is 26.3 Å². The zero-order chi connectivity index (χ0) is 13.8. The predicted octanol–water partition coefficient (Wildman–Crippen LogP) is 3.79. The van der Waals surface area contributed by atoms with Gasteiger partial charge in [0, 0.05) is 25.0 Å². The van der Waals surface area contributed by atoms with Gasteiger partial charge in [-0.1, -0.05) is 18.5 Å². The molecule has 0 aliphatic carbocycles. The summed E-state index contributed by atoms with van der Waals surface area (Å²) in [5, 5.41) is 8.64. The minimum atomic E-state index is 0.759. The molecule has 19 heavy (non-hydrogen) atoms. The smallest absolute Gasteiger partial charge is 0.0863 e. The van der Waals surface area contributed by atoms with Crippen molar-refractivity contribution in [1.29, 1.82) is 0 Å². The molecule has 0 aliphatic heterocycles. The zero-order valence-electron chi connectivity index (χ0n) is 11.0. The number of hydrogen-bond acceptors (Lipinski definition) is 3. The Bertz CT molecular complexity index is 550. The van der Waals surface area contributed by atoms with E-state index in [-0.39, 0.29) is 0 Å². The maximum atomic E-state index is 6.30. The summed E-state index contributed by atoms with van der Waals surface area (Å²) in [5.41, 5.74) is 2.04. The molecule has 0 radical (unpaired) electrons. The summed E-state index contributed by atoms with van der Waals surface area (Å²) < 4.78 is 3.06. The molecule has 0 saturated carbocycles. The van der Waals surface area contributed by atoms with Crippen molar-refractivity contribution in [1.82, 2.24) is 15.1 Å². The van der Waals surface area contributed by atoms with E-state index in [4.69, 9.17) is 11.6 Å². The second-order valence-electron chi connectivity index (χ2n) is 4.32. The Balaban J connectivity index is 1.84. The van der Waals surface area contributed by atoms with Gasteiger partial charge in [-0.05, 0) is 40.9 Å². The maximum absolute atomic E-state index is 6.30. The van der Waals surface area contributed by atoms with E-state index in [1.54, 1.807) is 11.3 Å². The lowest BCUT2D eigenvalue weighted by Gasteiger charge is -2.05. The van der Waals surface area contributed by atoms with Crippen LogP contribution in [0.4, 0.5) is 0 Å². The van der Waals surface area contributed by atoms with Crippen LogP contribution in [-0.2, 0) is 26.4 Å². The van der Waals surface area contributed by atoms with Crippen LogP contribution in [0.2, 0.25) is 5.02 Å². The van der Waals surface area contributed by atoms with Crippen LogP contribution >= 0.6 is 38.9 Å². The van der Waals surface area contributed by atoms with Crippen LogP contribution in [0.3, 0.4) is 0 Å². The lowest BCUT2D eigenvalue weighted by molar-refractivity contribution is 0.625. The van der Waals surface area contributed by atoms with Crippen LogP contribution in [0.5, 0.6) is 0 Å². The standard InChI is InChI=1S/C13H17BrClN3S/c1-3-10-13(15)11(18(2)17-10)8-16-7-6-9-4-5-12(14)19-9/h4-5,16H,3,6-8H2,1-2H3. The molecule has 0 amide bonds. The van der Waals surface area contributed by atoms with E-state index in [0.29, 0.717) is 0 Å². The number of hydrogen-bond donors (Lipinski definition) is 1. The van der Waals surface area contributed by atoms with Gasteiger partial charge in [0.25, 0.3) is 0 Å². The Hall–Kier alpha value is -0.360. The molecule has 2 aromatic rings. The van der Waals surface area contributed by atoms with Crippen LogP contribution in [0.25, 0.3) is 0 Å². The van der Waals surface area contributed by atoms with Crippen molar-refractivity contribution in [3.8, 4) is 0 Å². The predicted molar refractivity (Wildman–Crippen MR) is 85.0 cm³/mol. The molecular formula is C13H17BrClN3S. The second-order valence-corrected chi connectivity index (χ2v) is 7.24. The summed E-state index contributed by atoms with van der Waals surface area (Å²) >= 11 is 11.6. The van der Waals surface area contributed by atoms with Crippen LogP contribution in [-0.4, -0.2) is 16.3 Å². The van der Waals surface area contributed by atoms with Crippen LogP contribution in [0.15, 0.2) is 15.9 Å². The summed E-state index contributed by atoms with van der Waals surface area (Å²) in [5.74, 6) is 0. The molecular weight excluding hydrogens is 346 g/mol. The zero-order valence-corrected chi connectivity index (χ0v) is 14.2. The fourth-order valence-corrected chi connectivity index (χ4v) is 3.76.